The van der Waals surface area contributed by atoms with Crippen molar-refractivity contribution in [3.05, 3.63) is 56.5 Å². The van der Waals surface area contributed by atoms with Crippen LogP contribution in [0.15, 0.2) is 45.3 Å². The lowest BCUT2D eigenvalue weighted by Crippen LogP contribution is -2.25. The predicted molar refractivity (Wildman–Crippen MR) is 209 cm³/mol. The van der Waals surface area contributed by atoms with Crippen LogP contribution in [0.25, 0.3) is 11.1 Å². The zero-order chi connectivity index (χ0) is 32.0. The molecule has 0 radical (unpaired) electrons. The van der Waals surface area contributed by atoms with Gasteiger partial charge < -0.3 is 0 Å². The Balaban J connectivity index is 1.46. The van der Waals surface area contributed by atoms with Gasteiger partial charge >= 0.3 is 0 Å². The number of rotatable bonds is 28. The molecule has 3 rings (SSSR count). The van der Waals surface area contributed by atoms with Gasteiger partial charge in [-0.05, 0) is 59.4 Å². The number of halogens is 2. The molecule has 0 amide bonds. The standard InChI is InChI=1S/C43H68Br2/c1-3-5-7-9-11-13-15-17-19-21-23-25-27-33-43(34-28-26-24-22-20-18-16-14-12-10-8-6-4-2)41-35-37(44)29-31-39(41)40-32-30-38(45)36-42(40)43/h29-32,35-36H,3-28,33-34H2,1-2H3. The first-order valence-electron chi connectivity index (χ1n) is 19.7. The average Bonchev–Trinajstić information content (AvgIpc) is 3.29. The van der Waals surface area contributed by atoms with E-state index >= 15 is 0 Å². The number of fused-ring (bicyclic) bond motifs is 3. The summed E-state index contributed by atoms with van der Waals surface area (Å²) in [5.41, 5.74) is 6.29. The molecule has 0 fully saturated rings. The summed E-state index contributed by atoms with van der Waals surface area (Å²) in [6.45, 7) is 4.62. The Morgan fingerprint density at radius 2 is 0.644 bits per heavy atom. The summed E-state index contributed by atoms with van der Waals surface area (Å²) in [6.07, 6.45) is 39.5. The molecule has 254 valence electrons. The zero-order valence-electron chi connectivity index (χ0n) is 29.5. The lowest BCUT2D eigenvalue weighted by atomic mass is 9.70. The maximum Gasteiger partial charge on any atom is 0.0216 e. The Labute approximate surface area is 297 Å². The topological polar surface area (TPSA) is 0 Å². The minimum atomic E-state index is 0.160. The van der Waals surface area contributed by atoms with Crippen molar-refractivity contribution in [2.45, 2.75) is 199 Å². The van der Waals surface area contributed by atoms with Gasteiger partial charge in [0.05, 0.1) is 0 Å². The molecule has 0 nitrogen and oxygen atoms in total. The minimum absolute atomic E-state index is 0.160. The van der Waals surface area contributed by atoms with E-state index < -0.39 is 0 Å². The fourth-order valence-electron chi connectivity index (χ4n) is 7.99. The van der Waals surface area contributed by atoms with Crippen LogP contribution >= 0.6 is 31.9 Å². The third-order valence-electron chi connectivity index (χ3n) is 10.7. The molecular formula is C43H68Br2. The van der Waals surface area contributed by atoms with E-state index in [2.05, 4.69) is 82.1 Å². The normalized spacial score (nSPS) is 13.3. The predicted octanol–water partition coefficient (Wildman–Crippen LogP) is 16.4. The highest BCUT2D eigenvalue weighted by Gasteiger charge is 2.42. The second-order valence-electron chi connectivity index (χ2n) is 14.4. The summed E-state index contributed by atoms with van der Waals surface area (Å²) < 4.78 is 2.46. The summed E-state index contributed by atoms with van der Waals surface area (Å²) in [5, 5.41) is 0. The summed E-state index contributed by atoms with van der Waals surface area (Å²) in [5.74, 6) is 0. The highest BCUT2D eigenvalue weighted by Crippen LogP contribution is 2.55. The molecule has 2 aromatic rings. The fraction of sp³-hybridized carbons (Fsp3) is 0.721. The van der Waals surface area contributed by atoms with Crippen LogP contribution < -0.4 is 0 Å². The first-order chi connectivity index (χ1) is 22.1. The van der Waals surface area contributed by atoms with Crippen molar-refractivity contribution in [1.82, 2.24) is 0 Å². The van der Waals surface area contributed by atoms with E-state index in [4.69, 9.17) is 0 Å². The van der Waals surface area contributed by atoms with Gasteiger partial charge in [-0.2, -0.15) is 0 Å². The van der Waals surface area contributed by atoms with Crippen molar-refractivity contribution in [2.75, 3.05) is 0 Å². The Morgan fingerprint density at radius 1 is 0.378 bits per heavy atom. The van der Waals surface area contributed by atoms with E-state index in [9.17, 15) is 0 Å². The van der Waals surface area contributed by atoms with Gasteiger partial charge in [0.15, 0.2) is 0 Å². The monoisotopic (exact) mass is 742 g/mol. The first-order valence-corrected chi connectivity index (χ1v) is 21.3. The molecule has 0 spiro atoms. The van der Waals surface area contributed by atoms with Crippen molar-refractivity contribution < 1.29 is 0 Å². The van der Waals surface area contributed by atoms with Gasteiger partial charge in [0.25, 0.3) is 0 Å². The third-order valence-corrected chi connectivity index (χ3v) is 11.7. The highest BCUT2D eigenvalue weighted by molar-refractivity contribution is 9.10. The Morgan fingerprint density at radius 3 is 0.933 bits per heavy atom. The molecule has 45 heavy (non-hydrogen) atoms. The molecule has 1 aliphatic rings. The zero-order valence-corrected chi connectivity index (χ0v) is 32.7. The lowest BCUT2D eigenvalue weighted by molar-refractivity contribution is 0.396. The van der Waals surface area contributed by atoms with Crippen LogP contribution in [0, 0.1) is 0 Å². The molecule has 2 heteroatoms. The number of hydrogen-bond acceptors (Lipinski definition) is 0. The van der Waals surface area contributed by atoms with E-state index in [1.807, 2.05) is 0 Å². The van der Waals surface area contributed by atoms with E-state index in [0.29, 0.717) is 0 Å². The van der Waals surface area contributed by atoms with Crippen LogP contribution in [-0.2, 0) is 5.41 Å². The van der Waals surface area contributed by atoms with Crippen LogP contribution in [0.1, 0.15) is 205 Å². The molecule has 0 saturated heterocycles. The van der Waals surface area contributed by atoms with Gasteiger partial charge in [-0.3, -0.25) is 0 Å². The SMILES string of the molecule is CCCCCCCCCCCCCCCC1(CCCCCCCCCCCCCCC)c2cc(Br)ccc2-c2ccc(Br)cc21. The van der Waals surface area contributed by atoms with Gasteiger partial charge in [0.1, 0.15) is 0 Å². The molecular weight excluding hydrogens is 676 g/mol. The van der Waals surface area contributed by atoms with E-state index in [0.717, 1.165) is 0 Å². The number of benzene rings is 2. The smallest absolute Gasteiger partial charge is 0.0216 e. The molecule has 0 unspecified atom stereocenters. The molecule has 2 aromatic carbocycles. The average molecular weight is 745 g/mol. The molecule has 0 heterocycles. The van der Waals surface area contributed by atoms with Crippen molar-refractivity contribution in [1.29, 1.82) is 0 Å². The summed E-state index contributed by atoms with van der Waals surface area (Å²) >= 11 is 7.71. The fourth-order valence-corrected chi connectivity index (χ4v) is 8.71. The van der Waals surface area contributed by atoms with Gasteiger partial charge in [-0.1, -0.05) is 225 Å². The maximum absolute atomic E-state index is 3.85. The van der Waals surface area contributed by atoms with Crippen molar-refractivity contribution in [3.8, 4) is 11.1 Å². The molecule has 0 atom stereocenters. The molecule has 0 aromatic heterocycles. The lowest BCUT2D eigenvalue weighted by Gasteiger charge is -2.33. The van der Waals surface area contributed by atoms with Gasteiger partial charge in [-0.15, -0.1) is 0 Å². The molecule has 0 aliphatic heterocycles. The number of unbranched alkanes of at least 4 members (excludes halogenated alkanes) is 24. The molecule has 1 aliphatic carbocycles. The molecule has 0 saturated carbocycles. The highest BCUT2D eigenvalue weighted by atomic mass is 79.9. The van der Waals surface area contributed by atoms with E-state index in [-0.39, 0.29) is 5.41 Å². The van der Waals surface area contributed by atoms with Gasteiger partial charge in [0, 0.05) is 14.4 Å². The molecule has 0 N–H and O–H groups in total. The minimum Gasteiger partial charge on any atom is -0.0654 e. The number of hydrogen-bond donors (Lipinski definition) is 0. The van der Waals surface area contributed by atoms with Crippen LogP contribution in [-0.4, -0.2) is 0 Å². The largest absolute Gasteiger partial charge is 0.0654 e. The van der Waals surface area contributed by atoms with Crippen LogP contribution in [0.5, 0.6) is 0 Å². The van der Waals surface area contributed by atoms with Crippen LogP contribution in [0.3, 0.4) is 0 Å². The second-order valence-corrected chi connectivity index (χ2v) is 16.3. The van der Waals surface area contributed by atoms with Crippen LogP contribution in [0.4, 0.5) is 0 Å². The summed E-state index contributed by atoms with van der Waals surface area (Å²) in [4.78, 5) is 0. The second kappa shape index (κ2) is 23.7. The van der Waals surface area contributed by atoms with Gasteiger partial charge in [-0.25, -0.2) is 0 Å². The van der Waals surface area contributed by atoms with Crippen molar-refractivity contribution >= 4 is 31.9 Å². The van der Waals surface area contributed by atoms with Crippen LogP contribution in [0.2, 0.25) is 0 Å². The molecule has 0 bridgehead atoms. The van der Waals surface area contributed by atoms with Gasteiger partial charge in [0.2, 0.25) is 0 Å². The first kappa shape index (κ1) is 38.8. The van der Waals surface area contributed by atoms with E-state index in [1.165, 1.54) is 200 Å². The van der Waals surface area contributed by atoms with Crippen molar-refractivity contribution in [3.63, 3.8) is 0 Å². The maximum atomic E-state index is 3.85. The van der Waals surface area contributed by atoms with Crippen molar-refractivity contribution in [2.24, 2.45) is 0 Å². The summed E-state index contributed by atoms with van der Waals surface area (Å²) in [6, 6.07) is 14.2. The Kier molecular flexibility index (Phi) is 20.4. The Hall–Kier alpha value is -0.600. The quantitative estimate of drug-likeness (QED) is 0.0761. The Bertz CT molecular complexity index is 957. The van der Waals surface area contributed by atoms with E-state index in [1.54, 1.807) is 11.1 Å². The third kappa shape index (κ3) is 13.8. The summed E-state index contributed by atoms with van der Waals surface area (Å²) in [7, 11) is 0.